The second-order valence-corrected chi connectivity index (χ2v) is 8.76. The standard InChI is InChI=1S/C23H16Cl2IN3O/c24-18-8-5-16(21(25)11-18)13-29-14-17(20-3-1-2-4-22(20)29)12-27-28-23(30)15-6-9-19(26)10-7-15/h1-12,14H,13H2,(H,28,30)/b27-12-. The lowest BCUT2D eigenvalue weighted by Crippen LogP contribution is -2.17. The second kappa shape index (κ2) is 9.20. The van der Waals surface area contributed by atoms with Gasteiger partial charge in [0, 0.05) is 48.4 Å². The number of aromatic nitrogens is 1. The summed E-state index contributed by atoms with van der Waals surface area (Å²) in [6, 6.07) is 20.8. The summed E-state index contributed by atoms with van der Waals surface area (Å²) >= 11 is 14.6. The van der Waals surface area contributed by atoms with E-state index in [1.54, 1.807) is 24.4 Å². The molecule has 4 nitrogen and oxygen atoms in total. The first-order valence-corrected chi connectivity index (χ1v) is 11.0. The van der Waals surface area contributed by atoms with E-state index in [1.807, 2.05) is 54.7 Å². The van der Waals surface area contributed by atoms with Crippen LogP contribution in [0.1, 0.15) is 21.5 Å². The van der Waals surface area contributed by atoms with Gasteiger partial charge in [-0.05, 0) is 70.6 Å². The van der Waals surface area contributed by atoms with Crippen LogP contribution < -0.4 is 5.43 Å². The zero-order valence-electron chi connectivity index (χ0n) is 15.6. The van der Waals surface area contributed by atoms with Crippen molar-refractivity contribution in [2.75, 3.05) is 0 Å². The van der Waals surface area contributed by atoms with E-state index >= 15 is 0 Å². The number of hydrazone groups is 1. The van der Waals surface area contributed by atoms with E-state index in [-0.39, 0.29) is 5.91 Å². The molecule has 0 fully saturated rings. The maximum atomic E-state index is 12.3. The number of carbonyl (C=O) groups excluding carboxylic acids is 1. The van der Waals surface area contributed by atoms with Crippen molar-refractivity contribution >= 4 is 68.8 Å². The van der Waals surface area contributed by atoms with E-state index < -0.39 is 0 Å². The minimum Gasteiger partial charge on any atom is -0.342 e. The van der Waals surface area contributed by atoms with E-state index in [2.05, 4.69) is 37.7 Å². The van der Waals surface area contributed by atoms with Crippen LogP contribution in [-0.2, 0) is 6.54 Å². The number of benzene rings is 3. The Morgan fingerprint density at radius 3 is 2.60 bits per heavy atom. The Labute approximate surface area is 197 Å². The van der Waals surface area contributed by atoms with Gasteiger partial charge in [-0.3, -0.25) is 4.79 Å². The van der Waals surface area contributed by atoms with Gasteiger partial charge in [0.1, 0.15) is 0 Å². The van der Waals surface area contributed by atoms with Gasteiger partial charge >= 0.3 is 0 Å². The molecule has 30 heavy (non-hydrogen) atoms. The van der Waals surface area contributed by atoms with E-state index in [1.165, 1.54) is 0 Å². The van der Waals surface area contributed by atoms with Crippen LogP contribution in [0, 0.1) is 3.57 Å². The zero-order valence-corrected chi connectivity index (χ0v) is 19.3. The Hall–Kier alpha value is -2.35. The number of nitrogens with one attached hydrogen (secondary N) is 1. The summed E-state index contributed by atoms with van der Waals surface area (Å²) in [5.41, 5.74) is 6.07. The summed E-state index contributed by atoms with van der Waals surface area (Å²) in [5.74, 6) is -0.251. The highest BCUT2D eigenvalue weighted by molar-refractivity contribution is 14.1. The second-order valence-electron chi connectivity index (χ2n) is 6.67. The predicted molar refractivity (Wildman–Crippen MR) is 132 cm³/mol. The third-order valence-electron chi connectivity index (χ3n) is 4.65. The molecule has 0 spiro atoms. The number of hydrogen-bond donors (Lipinski definition) is 1. The van der Waals surface area contributed by atoms with Crippen LogP contribution in [0.3, 0.4) is 0 Å². The topological polar surface area (TPSA) is 46.4 Å². The molecule has 0 bridgehead atoms. The number of halogens is 3. The molecule has 0 atom stereocenters. The molecule has 0 aliphatic rings. The molecule has 1 N–H and O–H groups in total. The summed E-state index contributed by atoms with van der Waals surface area (Å²) < 4.78 is 3.17. The van der Waals surface area contributed by atoms with Crippen LogP contribution >= 0.6 is 45.8 Å². The highest BCUT2D eigenvalue weighted by Gasteiger charge is 2.10. The minimum absolute atomic E-state index is 0.251. The van der Waals surface area contributed by atoms with Gasteiger partial charge in [-0.1, -0.05) is 47.5 Å². The molecule has 1 amide bonds. The normalized spacial score (nSPS) is 11.3. The first kappa shape index (κ1) is 20.9. The molecular weight excluding hydrogens is 532 g/mol. The molecule has 4 rings (SSSR count). The molecule has 0 saturated carbocycles. The van der Waals surface area contributed by atoms with Crippen LogP contribution in [-0.4, -0.2) is 16.7 Å². The summed E-state index contributed by atoms with van der Waals surface area (Å²) in [7, 11) is 0. The molecule has 1 aromatic heterocycles. The number of nitrogens with zero attached hydrogens (tertiary/aromatic N) is 2. The SMILES string of the molecule is O=C(N/N=C\c1cn(Cc2ccc(Cl)cc2Cl)c2ccccc12)c1ccc(I)cc1. The number of fused-ring (bicyclic) bond motifs is 1. The molecular formula is C23H16Cl2IN3O. The Bertz CT molecular complexity index is 1250. The van der Waals surface area contributed by atoms with Crippen molar-refractivity contribution in [1.82, 2.24) is 9.99 Å². The maximum Gasteiger partial charge on any atom is 0.271 e. The third kappa shape index (κ3) is 4.69. The fourth-order valence-corrected chi connectivity index (χ4v) is 4.00. The van der Waals surface area contributed by atoms with Crippen LogP contribution in [0.5, 0.6) is 0 Å². The van der Waals surface area contributed by atoms with Crippen molar-refractivity contribution in [3.63, 3.8) is 0 Å². The molecule has 0 saturated heterocycles. The number of rotatable bonds is 5. The van der Waals surface area contributed by atoms with Gasteiger partial charge in [0.2, 0.25) is 0 Å². The van der Waals surface area contributed by atoms with Gasteiger partial charge < -0.3 is 4.57 Å². The van der Waals surface area contributed by atoms with Crippen molar-refractivity contribution in [2.45, 2.75) is 6.54 Å². The van der Waals surface area contributed by atoms with Gasteiger partial charge in [0.05, 0.1) is 6.21 Å². The Morgan fingerprint density at radius 1 is 1.07 bits per heavy atom. The van der Waals surface area contributed by atoms with E-state index in [0.717, 1.165) is 25.6 Å². The summed E-state index contributed by atoms with van der Waals surface area (Å²) in [5, 5.41) is 6.43. The van der Waals surface area contributed by atoms with Crippen LogP contribution in [0.15, 0.2) is 78.0 Å². The highest BCUT2D eigenvalue weighted by Crippen LogP contribution is 2.25. The van der Waals surface area contributed by atoms with Gasteiger partial charge in [-0.25, -0.2) is 5.43 Å². The molecule has 3 aromatic carbocycles. The lowest BCUT2D eigenvalue weighted by Gasteiger charge is -2.08. The summed E-state index contributed by atoms with van der Waals surface area (Å²) in [6.07, 6.45) is 3.66. The van der Waals surface area contributed by atoms with Crippen molar-refractivity contribution in [3.05, 3.63) is 103 Å². The number of para-hydroxylation sites is 1. The average Bonchev–Trinajstić information content (AvgIpc) is 3.08. The lowest BCUT2D eigenvalue weighted by molar-refractivity contribution is 0.0955. The molecule has 4 aromatic rings. The zero-order chi connectivity index (χ0) is 21.1. The van der Waals surface area contributed by atoms with Crippen molar-refractivity contribution in [3.8, 4) is 0 Å². The molecule has 0 aliphatic heterocycles. The number of amides is 1. The van der Waals surface area contributed by atoms with Gasteiger partial charge in [-0.2, -0.15) is 5.10 Å². The maximum absolute atomic E-state index is 12.3. The van der Waals surface area contributed by atoms with Crippen LogP contribution in [0.4, 0.5) is 0 Å². The largest absolute Gasteiger partial charge is 0.342 e. The van der Waals surface area contributed by atoms with E-state index in [0.29, 0.717) is 22.2 Å². The first-order valence-electron chi connectivity index (χ1n) is 9.12. The molecule has 0 radical (unpaired) electrons. The van der Waals surface area contributed by atoms with Crippen molar-refractivity contribution in [1.29, 1.82) is 0 Å². The molecule has 1 heterocycles. The fraction of sp³-hybridized carbons (Fsp3) is 0.0435. The number of carbonyl (C=O) groups is 1. The monoisotopic (exact) mass is 547 g/mol. The quantitative estimate of drug-likeness (QED) is 0.176. The Balaban J connectivity index is 1.58. The van der Waals surface area contributed by atoms with Crippen LogP contribution in [0.25, 0.3) is 10.9 Å². The lowest BCUT2D eigenvalue weighted by atomic mass is 10.2. The third-order valence-corrected chi connectivity index (χ3v) is 5.96. The van der Waals surface area contributed by atoms with E-state index in [4.69, 9.17) is 23.2 Å². The fourth-order valence-electron chi connectivity index (χ4n) is 3.17. The van der Waals surface area contributed by atoms with Gasteiger partial charge in [-0.15, -0.1) is 0 Å². The molecule has 7 heteroatoms. The van der Waals surface area contributed by atoms with Crippen molar-refractivity contribution < 1.29 is 4.79 Å². The minimum atomic E-state index is -0.251. The predicted octanol–water partition coefficient (Wildman–Crippen LogP) is 6.36. The first-order chi connectivity index (χ1) is 14.5. The Morgan fingerprint density at radius 2 is 1.83 bits per heavy atom. The molecule has 0 unspecified atom stereocenters. The Kier molecular flexibility index (Phi) is 6.41. The van der Waals surface area contributed by atoms with Crippen molar-refractivity contribution in [2.24, 2.45) is 5.10 Å². The molecule has 150 valence electrons. The molecule has 0 aliphatic carbocycles. The summed E-state index contributed by atoms with van der Waals surface area (Å²) in [4.78, 5) is 12.3. The van der Waals surface area contributed by atoms with E-state index in [9.17, 15) is 4.79 Å². The van der Waals surface area contributed by atoms with Gasteiger partial charge in [0.15, 0.2) is 0 Å². The average molecular weight is 548 g/mol. The van der Waals surface area contributed by atoms with Crippen LogP contribution in [0.2, 0.25) is 10.0 Å². The summed E-state index contributed by atoms with van der Waals surface area (Å²) in [6.45, 7) is 0.597. The highest BCUT2D eigenvalue weighted by atomic mass is 127. The van der Waals surface area contributed by atoms with Gasteiger partial charge in [0.25, 0.3) is 5.91 Å². The smallest absolute Gasteiger partial charge is 0.271 e. The number of hydrogen-bond acceptors (Lipinski definition) is 2.